The van der Waals surface area contributed by atoms with Gasteiger partial charge in [-0.3, -0.25) is 4.79 Å². The molecule has 1 rings (SSSR count). The maximum atomic E-state index is 10.5. The van der Waals surface area contributed by atoms with Crippen molar-refractivity contribution in [2.75, 3.05) is 13.6 Å². The highest BCUT2D eigenvalue weighted by Gasteiger charge is 2.30. The van der Waals surface area contributed by atoms with Gasteiger partial charge in [0.2, 0.25) is 0 Å². The Morgan fingerprint density at radius 1 is 1.70 bits per heavy atom. The highest BCUT2D eigenvalue weighted by molar-refractivity contribution is 5.70. The summed E-state index contributed by atoms with van der Waals surface area (Å²) in [6, 6.07) is 0.432. The van der Waals surface area contributed by atoms with Crippen LogP contribution in [-0.4, -0.2) is 35.6 Å². The van der Waals surface area contributed by atoms with Gasteiger partial charge in [-0.05, 0) is 20.4 Å². The molecule has 10 heavy (non-hydrogen) atoms. The fourth-order valence-corrected chi connectivity index (χ4v) is 1.37. The second-order valence-corrected chi connectivity index (χ2v) is 3.06. The summed E-state index contributed by atoms with van der Waals surface area (Å²) in [7, 11) is 1.97. The number of likely N-dealkylation sites (tertiary alicyclic amines) is 1. The van der Waals surface area contributed by atoms with Gasteiger partial charge in [-0.1, -0.05) is 0 Å². The number of hydrogen-bond acceptors (Lipinski definition) is 2. The maximum absolute atomic E-state index is 10.5. The van der Waals surface area contributed by atoms with Gasteiger partial charge in [0.15, 0.2) is 0 Å². The summed E-state index contributed by atoms with van der Waals surface area (Å²) in [5.41, 5.74) is 0. The predicted molar refractivity (Wildman–Crippen MR) is 37.8 cm³/mol. The molecule has 0 aromatic heterocycles. The molecule has 2 atom stereocenters. The van der Waals surface area contributed by atoms with Crippen molar-refractivity contribution in [3.8, 4) is 0 Å². The molecule has 1 fully saturated rings. The highest BCUT2D eigenvalue weighted by atomic mass is 16.4. The van der Waals surface area contributed by atoms with Crippen molar-refractivity contribution in [1.29, 1.82) is 0 Å². The lowest BCUT2D eigenvalue weighted by Crippen LogP contribution is -2.22. The molecule has 0 bridgehead atoms. The molecule has 0 aromatic rings. The van der Waals surface area contributed by atoms with E-state index < -0.39 is 5.97 Å². The minimum Gasteiger partial charge on any atom is -0.481 e. The van der Waals surface area contributed by atoms with Crippen LogP contribution in [0, 0.1) is 5.92 Å². The van der Waals surface area contributed by atoms with Gasteiger partial charge in [0.25, 0.3) is 0 Å². The SMILES string of the molecule is C[C@@H]1C[C@H](C(=O)O)CN1C. The molecule has 3 nitrogen and oxygen atoms in total. The summed E-state index contributed by atoms with van der Waals surface area (Å²) in [6.45, 7) is 2.76. The zero-order valence-electron chi connectivity index (χ0n) is 6.37. The molecule has 0 aromatic carbocycles. The van der Waals surface area contributed by atoms with E-state index in [9.17, 15) is 4.79 Å². The lowest BCUT2D eigenvalue weighted by atomic mass is 10.1. The Morgan fingerprint density at radius 2 is 2.30 bits per heavy atom. The van der Waals surface area contributed by atoms with E-state index in [4.69, 9.17) is 5.11 Å². The molecule has 1 saturated heterocycles. The first kappa shape index (κ1) is 7.54. The molecule has 0 aliphatic carbocycles. The monoisotopic (exact) mass is 143 g/mol. The van der Waals surface area contributed by atoms with E-state index in [0.29, 0.717) is 12.6 Å². The van der Waals surface area contributed by atoms with Gasteiger partial charge in [0.05, 0.1) is 5.92 Å². The van der Waals surface area contributed by atoms with Crippen LogP contribution in [0.1, 0.15) is 13.3 Å². The Kier molecular flexibility index (Phi) is 1.94. The van der Waals surface area contributed by atoms with Gasteiger partial charge in [0.1, 0.15) is 0 Å². The van der Waals surface area contributed by atoms with E-state index in [1.54, 1.807) is 0 Å². The van der Waals surface area contributed by atoms with Gasteiger partial charge in [0, 0.05) is 12.6 Å². The summed E-state index contributed by atoms with van der Waals surface area (Å²) in [4.78, 5) is 12.5. The van der Waals surface area contributed by atoms with Crippen molar-refractivity contribution in [2.45, 2.75) is 19.4 Å². The molecule has 58 valence electrons. The third kappa shape index (κ3) is 1.29. The van der Waals surface area contributed by atoms with Crippen molar-refractivity contribution >= 4 is 5.97 Å². The van der Waals surface area contributed by atoms with Crippen LogP contribution < -0.4 is 0 Å². The van der Waals surface area contributed by atoms with Crippen LogP contribution in [0.2, 0.25) is 0 Å². The highest BCUT2D eigenvalue weighted by Crippen LogP contribution is 2.20. The topological polar surface area (TPSA) is 40.5 Å². The minimum atomic E-state index is -0.656. The number of hydrogen-bond donors (Lipinski definition) is 1. The summed E-state index contributed by atoms with van der Waals surface area (Å²) in [5.74, 6) is -0.795. The fourth-order valence-electron chi connectivity index (χ4n) is 1.37. The zero-order valence-corrected chi connectivity index (χ0v) is 6.37. The lowest BCUT2D eigenvalue weighted by molar-refractivity contribution is -0.141. The summed E-state index contributed by atoms with van der Waals surface area (Å²) in [5, 5.41) is 8.62. The van der Waals surface area contributed by atoms with E-state index in [1.165, 1.54) is 0 Å². The molecule has 0 saturated carbocycles. The molecule has 0 radical (unpaired) electrons. The minimum absolute atomic E-state index is 0.139. The first-order valence-corrected chi connectivity index (χ1v) is 3.54. The largest absolute Gasteiger partial charge is 0.481 e. The number of rotatable bonds is 1. The first-order chi connectivity index (χ1) is 4.61. The second-order valence-electron chi connectivity index (χ2n) is 3.06. The van der Waals surface area contributed by atoms with Gasteiger partial charge in [-0.2, -0.15) is 0 Å². The Bertz CT molecular complexity index is 137. The third-order valence-corrected chi connectivity index (χ3v) is 2.24. The van der Waals surface area contributed by atoms with Crippen LogP contribution in [0.4, 0.5) is 0 Å². The molecule has 1 N–H and O–H groups in total. The number of aliphatic carboxylic acids is 1. The Balaban J connectivity index is 2.49. The summed E-state index contributed by atoms with van der Waals surface area (Å²) in [6.07, 6.45) is 0.797. The average Bonchev–Trinajstić information content (AvgIpc) is 2.13. The summed E-state index contributed by atoms with van der Waals surface area (Å²) < 4.78 is 0. The number of carboxylic acids is 1. The van der Waals surface area contributed by atoms with Gasteiger partial charge < -0.3 is 10.0 Å². The molecular formula is C7H13NO2. The number of carboxylic acid groups (broad SMARTS) is 1. The van der Waals surface area contributed by atoms with Crippen molar-refractivity contribution in [3.63, 3.8) is 0 Å². The standard InChI is InChI=1S/C7H13NO2/c1-5-3-6(7(9)10)4-8(5)2/h5-6H,3-4H2,1-2H3,(H,9,10)/t5-,6+/m1/s1. The van der Waals surface area contributed by atoms with Crippen molar-refractivity contribution in [3.05, 3.63) is 0 Å². The maximum Gasteiger partial charge on any atom is 0.307 e. The van der Waals surface area contributed by atoms with E-state index >= 15 is 0 Å². The number of nitrogens with zero attached hydrogens (tertiary/aromatic N) is 1. The van der Waals surface area contributed by atoms with Crippen molar-refractivity contribution < 1.29 is 9.90 Å². The Labute approximate surface area is 60.6 Å². The van der Waals surface area contributed by atoms with E-state index in [0.717, 1.165) is 6.42 Å². The van der Waals surface area contributed by atoms with Crippen LogP contribution in [0.25, 0.3) is 0 Å². The Hall–Kier alpha value is -0.570. The molecule has 3 heteroatoms. The van der Waals surface area contributed by atoms with Crippen molar-refractivity contribution in [1.82, 2.24) is 4.90 Å². The van der Waals surface area contributed by atoms with Crippen LogP contribution in [0.5, 0.6) is 0 Å². The summed E-state index contributed by atoms with van der Waals surface area (Å²) >= 11 is 0. The van der Waals surface area contributed by atoms with Gasteiger partial charge >= 0.3 is 5.97 Å². The Morgan fingerprint density at radius 3 is 2.50 bits per heavy atom. The predicted octanol–water partition coefficient (Wildman–Crippen LogP) is 0.411. The molecule has 0 spiro atoms. The van der Waals surface area contributed by atoms with Crippen LogP contribution >= 0.6 is 0 Å². The molecule has 1 aliphatic heterocycles. The van der Waals surface area contributed by atoms with Crippen LogP contribution in [0.3, 0.4) is 0 Å². The smallest absolute Gasteiger partial charge is 0.307 e. The molecular weight excluding hydrogens is 130 g/mol. The lowest BCUT2D eigenvalue weighted by Gasteiger charge is -2.12. The van der Waals surface area contributed by atoms with Gasteiger partial charge in [-0.15, -0.1) is 0 Å². The van der Waals surface area contributed by atoms with Crippen LogP contribution in [-0.2, 0) is 4.79 Å². The molecule has 0 amide bonds. The molecule has 1 aliphatic rings. The molecule has 1 heterocycles. The van der Waals surface area contributed by atoms with Gasteiger partial charge in [-0.25, -0.2) is 0 Å². The normalized spacial score (nSPS) is 34.6. The molecule has 0 unspecified atom stereocenters. The van der Waals surface area contributed by atoms with E-state index in [2.05, 4.69) is 11.8 Å². The second kappa shape index (κ2) is 2.58. The third-order valence-electron chi connectivity index (χ3n) is 2.24. The van der Waals surface area contributed by atoms with Crippen LogP contribution in [0.15, 0.2) is 0 Å². The van der Waals surface area contributed by atoms with Crippen molar-refractivity contribution in [2.24, 2.45) is 5.92 Å². The average molecular weight is 143 g/mol. The zero-order chi connectivity index (χ0) is 7.72. The van der Waals surface area contributed by atoms with E-state index in [1.807, 2.05) is 7.05 Å². The first-order valence-electron chi connectivity index (χ1n) is 3.54. The fraction of sp³-hybridized carbons (Fsp3) is 0.857. The quantitative estimate of drug-likeness (QED) is 0.578. The van der Waals surface area contributed by atoms with E-state index in [-0.39, 0.29) is 5.92 Å². The number of carbonyl (C=O) groups is 1.